The molecule has 3 atom stereocenters. The van der Waals surface area contributed by atoms with Gasteiger partial charge in [-0.05, 0) is 17.8 Å². The van der Waals surface area contributed by atoms with Gasteiger partial charge in [-0.3, -0.25) is 4.79 Å². The molecule has 1 amide bonds. The Labute approximate surface area is 99.4 Å². The molecule has 3 unspecified atom stereocenters. The number of hydrogen-bond acceptors (Lipinski definition) is 2. The summed E-state index contributed by atoms with van der Waals surface area (Å²) in [5.74, 6) is 1.90. The Hall–Kier alpha value is -0.570. The minimum absolute atomic E-state index is 0.125. The van der Waals surface area contributed by atoms with E-state index >= 15 is 0 Å². The second-order valence-electron chi connectivity index (χ2n) is 5.56. The second kappa shape index (κ2) is 5.67. The van der Waals surface area contributed by atoms with Gasteiger partial charge in [-0.2, -0.15) is 0 Å². The Morgan fingerprint density at radius 2 is 2.06 bits per heavy atom. The second-order valence-corrected chi connectivity index (χ2v) is 5.56. The largest absolute Gasteiger partial charge is 0.341 e. The van der Waals surface area contributed by atoms with Crippen molar-refractivity contribution in [3.8, 4) is 0 Å². The van der Waals surface area contributed by atoms with Crippen LogP contribution in [0.15, 0.2) is 0 Å². The molecule has 0 aromatic rings. The van der Waals surface area contributed by atoms with Crippen molar-refractivity contribution in [3.63, 3.8) is 0 Å². The minimum atomic E-state index is 0.125. The Bertz CT molecular complexity index is 240. The molecule has 1 saturated heterocycles. The lowest BCUT2D eigenvalue weighted by Crippen LogP contribution is -2.42. The summed E-state index contributed by atoms with van der Waals surface area (Å²) in [6.45, 7) is 10.3. The van der Waals surface area contributed by atoms with Crippen LogP contribution >= 0.6 is 0 Å². The van der Waals surface area contributed by atoms with E-state index in [-0.39, 0.29) is 11.9 Å². The number of hydrogen-bond donors (Lipinski definition) is 1. The van der Waals surface area contributed by atoms with Crippen LogP contribution < -0.4 is 5.73 Å². The van der Waals surface area contributed by atoms with Crippen LogP contribution in [0.5, 0.6) is 0 Å². The van der Waals surface area contributed by atoms with Crippen LogP contribution in [0, 0.1) is 17.8 Å². The van der Waals surface area contributed by atoms with E-state index < -0.39 is 0 Å². The van der Waals surface area contributed by atoms with Gasteiger partial charge < -0.3 is 10.6 Å². The fraction of sp³-hybridized carbons (Fsp3) is 0.923. The van der Waals surface area contributed by atoms with Crippen molar-refractivity contribution >= 4 is 5.91 Å². The predicted octanol–water partition coefficient (Wildman–Crippen LogP) is 1.86. The van der Waals surface area contributed by atoms with Crippen LogP contribution in [-0.4, -0.2) is 29.9 Å². The van der Waals surface area contributed by atoms with Gasteiger partial charge in [-0.1, -0.05) is 34.1 Å². The summed E-state index contributed by atoms with van der Waals surface area (Å²) in [6.07, 6.45) is 1.79. The summed E-state index contributed by atoms with van der Waals surface area (Å²) in [6, 6.07) is 0.125. The zero-order valence-electron chi connectivity index (χ0n) is 11.1. The molecular formula is C13H26N2O. The molecule has 0 aromatic carbocycles. The van der Waals surface area contributed by atoms with Gasteiger partial charge in [0, 0.05) is 25.6 Å². The summed E-state index contributed by atoms with van der Waals surface area (Å²) in [4.78, 5) is 13.8. The Morgan fingerprint density at radius 3 is 2.50 bits per heavy atom. The molecule has 3 nitrogen and oxygen atoms in total. The molecule has 1 fully saturated rings. The predicted molar refractivity (Wildman–Crippen MR) is 67.0 cm³/mol. The van der Waals surface area contributed by atoms with Crippen molar-refractivity contribution < 1.29 is 4.79 Å². The first kappa shape index (κ1) is 13.5. The number of carbonyl (C=O) groups is 1. The molecule has 1 rings (SSSR count). The molecule has 0 bridgehead atoms. The van der Waals surface area contributed by atoms with Crippen LogP contribution in [0.2, 0.25) is 0 Å². The van der Waals surface area contributed by atoms with Crippen molar-refractivity contribution in [2.75, 3.05) is 13.1 Å². The standard InChI is InChI=1S/C13H26N2O/c1-5-10(4)12(14)8-15-7-11(9(2)3)6-13(15)16/h9-12H,5-8,14H2,1-4H3. The van der Waals surface area contributed by atoms with E-state index in [2.05, 4.69) is 27.7 Å². The zero-order chi connectivity index (χ0) is 12.3. The molecule has 1 heterocycles. The van der Waals surface area contributed by atoms with Gasteiger partial charge in [0.2, 0.25) is 5.91 Å². The molecule has 94 valence electrons. The molecule has 0 aliphatic carbocycles. The molecule has 2 N–H and O–H groups in total. The van der Waals surface area contributed by atoms with Crippen molar-refractivity contribution in [1.82, 2.24) is 4.90 Å². The Kier molecular flexibility index (Phi) is 4.78. The molecule has 0 saturated carbocycles. The number of carbonyl (C=O) groups excluding carboxylic acids is 1. The summed E-state index contributed by atoms with van der Waals surface area (Å²) < 4.78 is 0. The highest BCUT2D eigenvalue weighted by Crippen LogP contribution is 2.25. The van der Waals surface area contributed by atoms with E-state index in [9.17, 15) is 4.79 Å². The number of amides is 1. The summed E-state index contributed by atoms with van der Waals surface area (Å²) >= 11 is 0. The topological polar surface area (TPSA) is 46.3 Å². The SMILES string of the molecule is CCC(C)C(N)CN1CC(C(C)C)CC1=O. The highest BCUT2D eigenvalue weighted by Gasteiger charge is 2.32. The number of nitrogens with two attached hydrogens (primary N) is 1. The highest BCUT2D eigenvalue weighted by molar-refractivity contribution is 5.78. The first-order valence-electron chi connectivity index (χ1n) is 6.49. The van der Waals surface area contributed by atoms with Crippen molar-refractivity contribution in [2.45, 2.75) is 46.6 Å². The molecular weight excluding hydrogens is 200 g/mol. The fourth-order valence-electron chi connectivity index (χ4n) is 2.16. The maximum atomic E-state index is 11.8. The normalized spacial score (nSPS) is 25.2. The maximum absolute atomic E-state index is 11.8. The molecule has 1 aliphatic heterocycles. The summed E-state index contributed by atoms with van der Waals surface area (Å²) in [7, 11) is 0. The van der Waals surface area contributed by atoms with Crippen LogP contribution in [0.1, 0.15) is 40.5 Å². The average Bonchev–Trinajstić information content (AvgIpc) is 2.59. The number of likely N-dealkylation sites (tertiary alicyclic amines) is 1. The van der Waals surface area contributed by atoms with E-state index in [1.54, 1.807) is 0 Å². The van der Waals surface area contributed by atoms with Gasteiger partial charge in [0.05, 0.1) is 0 Å². The van der Waals surface area contributed by atoms with Gasteiger partial charge in [0.1, 0.15) is 0 Å². The van der Waals surface area contributed by atoms with Crippen LogP contribution in [0.3, 0.4) is 0 Å². The van der Waals surface area contributed by atoms with Crippen molar-refractivity contribution in [3.05, 3.63) is 0 Å². The third-order valence-corrected chi connectivity index (χ3v) is 3.99. The van der Waals surface area contributed by atoms with Crippen molar-refractivity contribution in [1.29, 1.82) is 0 Å². The molecule has 0 aromatic heterocycles. The van der Waals surface area contributed by atoms with E-state index in [0.29, 0.717) is 24.2 Å². The third kappa shape index (κ3) is 3.21. The van der Waals surface area contributed by atoms with E-state index in [4.69, 9.17) is 5.73 Å². The lowest BCUT2D eigenvalue weighted by Gasteiger charge is -2.25. The van der Waals surface area contributed by atoms with Gasteiger partial charge in [-0.15, -0.1) is 0 Å². The fourth-order valence-corrected chi connectivity index (χ4v) is 2.16. The first-order valence-corrected chi connectivity index (χ1v) is 6.49. The molecule has 0 radical (unpaired) electrons. The summed E-state index contributed by atoms with van der Waals surface area (Å²) in [5, 5.41) is 0. The van der Waals surface area contributed by atoms with Gasteiger partial charge >= 0.3 is 0 Å². The summed E-state index contributed by atoms with van der Waals surface area (Å²) in [5.41, 5.74) is 6.10. The van der Waals surface area contributed by atoms with Gasteiger partial charge in [-0.25, -0.2) is 0 Å². The molecule has 0 spiro atoms. The van der Waals surface area contributed by atoms with Crippen LogP contribution in [-0.2, 0) is 4.79 Å². The third-order valence-electron chi connectivity index (χ3n) is 3.99. The number of nitrogens with zero attached hydrogens (tertiary/aromatic N) is 1. The average molecular weight is 226 g/mol. The molecule has 3 heteroatoms. The van der Waals surface area contributed by atoms with E-state index in [1.807, 2.05) is 4.90 Å². The monoisotopic (exact) mass is 226 g/mol. The molecule has 16 heavy (non-hydrogen) atoms. The lowest BCUT2D eigenvalue weighted by atomic mass is 9.95. The van der Waals surface area contributed by atoms with Gasteiger partial charge in [0.15, 0.2) is 0 Å². The zero-order valence-corrected chi connectivity index (χ0v) is 11.1. The van der Waals surface area contributed by atoms with E-state index in [0.717, 1.165) is 19.5 Å². The number of rotatable bonds is 5. The van der Waals surface area contributed by atoms with Crippen LogP contribution in [0.25, 0.3) is 0 Å². The Morgan fingerprint density at radius 1 is 1.44 bits per heavy atom. The van der Waals surface area contributed by atoms with Crippen LogP contribution in [0.4, 0.5) is 0 Å². The van der Waals surface area contributed by atoms with Gasteiger partial charge in [0.25, 0.3) is 0 Å². The highest BCUT2D eigenvalue weighted by atomic mass is 16.2. The first-order chi connectivity index (χ1) is 7.45. The van der Waals surface area contributed by atoms with E-state index in [1.165, 1.54) is 0 Å². The Balaban J connectivity index is 2.47. The smallest absolute Gasteiger partial charge is 0.222 e. The van der Waals surface area contributed by atoms with Crippen molar-refractivity contribution in [2.24, 2.45) is 23.5 Å². The maximum Gasteiger partial charge on any atom is 0.222 e. The lowest BCUT2D eigenvalue weighted by molar-refractivity contribution is -0.128. The molecule has 1 aliphatic rings. The quantitative estimate of drug-likeness (QED) is 0.778. The minimum Gasteiger partial charge on any atom is -0.341 e.